The van der Waals surface area contributed by atoms with Crippen molar-refractivity contribution in [2.75, 3.05) is 17.7 Å². The van der Waals surface area contributed by atoms with Gasteiger partial charge < -0.3 is 10.6 Å². The maximum Gasteiger partial charge on any atom is 0.228 e. The van der Waals surface area contributed by atoms with Crippen LogP contribution in [0.1, 0.15) is 18.9 Å². The van der Waals surface area contributed by atoms with Crippen LogP contribution in [0.2, 0.25) is 0 Å². The Labute approximate surface area is 166 Å². The minimum atomic E-state index is -0.0167. The van der Waals surface area contributed by atoms with Crippen molar-refractivity contribution in [2.24, 2.45) is 11.8 Å². The number of carbonyl (C=O) groups excluding carboxylic acids is 1. The van der Waals surface area contributed by atoms with Gasteiger partial charge in [0.2, 0.25) is 5.91 Å². The lowest BCUT2D eigenvalue weighted by Crippen LogP contribution is -2.16. The van der Waals surface area contributed by atoms with E-state index in [1.54, 1.807) is 17.8 Å². The van der Waals surface area contributed by atoms with Crippen molar-refractivity contribution in [3.63, 3.8) is 0 Å². The Morgan fingerprint density at radius 3 is 2.86 bits per heavy atom. The third-order valence-corrected chi connectivity index (χ3v) is 5.29. The molecule has 1 aliphatic carbocycles. The van der Waals surface area contributed by atoms with Crippen molar-refractivity contribution in [1.82, 2.24) is 29.8 Å². The summed E-state index contributed by atoms with van der Waals surface area (Å²) < 4.78 is 1.74. The molecular weight excluding hydrogens is 368 g/mol. The summed E-state index contributed by atoms with van der Waals surface area (Å²) in [5, 5.41) is 19.8. The Hall–Kier alpha value is -3.62. The Morgan fingerprint density at radius 2 is 2.10 bits per heavy atom. The van der Waals surface area contributed by atoms with Crippen LogP contribution in [-0.4, -0.2) is 42.7 Å². The van der Waals surface area contributed by atoms with Gasteiger partial charge in [0.1, 0.15) is 5.52 Å². The van der Waals surface area contributed by atoms with E-state index in [2.05, 4.69) is 42.8 Å². The van der Waals surface area contributed by atoms with Gasteiger partial charge in [-0.1, -0.05) is 13.0 Å². The van der Waals surface area contributed by atoms with Crippen LogP contribution in [0.5, 0.6) is 0 Å². The molecule has 1 amide bonds. The van der Waals surface area contributed by atoms with Gasteiger partial charge in [0.05, 0.1) is 0 Å². The van der Waals surface area contributed by atoms with Crippen LogP contribution < -0.4 is 10.6 Å². The van der Waals surface area contributed by atoms with Crippen molar-refractivity contribution >= 4 is 34.1 Å². The van der Waals surface area contributed by atoms with Gasteiger partial charge in [-0.05, 0) is 37.0 Å². The molecule has 2 N–H and O–H groups in total. The Bertz CT molecular complexity index is 1260. The average Bonchev–Trinajstić information content (AvgIpc) is 3.30. The first-order chi connectivity index (χ1) is 14.0. The maximum absolute atomic E-state index is 12.3. The quantitative estimate of drug-likeness (QED) is 0.553. The lowest BCUT2D eigenvalue weighted by molar-refractivity contribution is -0.117. The summed E-state index contributed by atoms with van der Waals surface area (Å²) >= 11 is 0. The van der Waals surface area contributed by atoms with E-state index in [4.69, 9.17) is 0 Å². The standard InChI is InChI=1S/C20H20N8O/c1-10-4-5-16-24-18(27-28(16)9-10)14-8-22-19(21-3)17-13(14)7-15(25-26-17)23-20(29)12-6-11(12)2/h4-5,7-9,11-12H,6H2,1-3H3,(H,21,22)(H,23,25,29)/t11-,12+/m1/s1. The monoisotopic (exact) mass is 388 g/mol. The predicted molar refractivity (Wildman–Crippen MR) is 109 cm³/mol. The number of carbonyl (C=O) groups is 1. The summed E-state index contributed by atoms with van der Waals surface area (Å²) in [5.74, 6) is 2.01. The number of aromatic nitrogens is 6. The van der Waals surface area contributed by atoms with E-state index in [1.807, 2.05) is 31.3 Å². The molecule has 146 valence electrons. The van der Waals surface area contributed by atoms with Crippen LogP contribution >= 0.6 is 0 Å². The summed E-state index contributed by atoms with van der Waals surface area (Å²) in [7, 11) is 1.78. The van der Waals surface area contributed by atoms with Gasteiger partial charge in [-0.15, -0.1) is 15.3 Å². The van der Waals surface area contributed by atoms with E-state index >= 15 is 0 Å². The summed E-state index contributed by atoms with van der Waals surface area (Å²) in [6, 6.07) is 5.72. The Kier molecular flexibility index (Phi) is 3.90. The molecule has 1 aliphatic rings. The second-order valence-corrected chi connectivity index (χ2v) is 7.52. The molecule has 0 unspecified atom stereocenters. The Balaban J connectivity index is 1.63. The molecule has 0 saturated heterocycles. The fraction of sp³-hybridized carbons (Fsp3) is 0.300. The second kappa shape index (κ2) is 6.47. The summed E-state index contributed by atoms with van der Waals surface area (Å²) in [5.41, 5.74) is 3.16. The van der Waals surface area contributed by atoms with Crippen LogP contribution in [0.4, 0.5) is 11.6 Å². The molecule has 0 radical (unpaired) electrons. The molecule has 1 saturated carbocycles. The van der Waals surface area contributed by atoms with Gasteiger partial charge in [0.25, 0.3) is 0 Å². The normalized spacial score (nSPS) is 18.2. The smallest absolute Gasteiger partial charge is 0.228 e. The summed E-state index contributed by atoms with van der Waals surface area (Å²) in [6.45, 7) is 4.07. The number of hydrogen-bond donors (Lipinski definition) is 2. The lowest BCUT2D eigenvalue weighted by Gasteiger charge is -2.09. The number of fused-ring (bicyclic) bond motifs is 2. The molecule has 0 bridgehead atoms. The average molecular weight is 388 g/mol. The van der Waals surface area contributed by atoms with Crippen molar-refractivity contribution in [3.8, 4) is 11.4 Å². The minimum Gasteiger partial charge on any atom is -0.371 e. The molecule has 9 nitrogen and oxygen atoms in total. The van der Waals surface area contributed by atoms with E-state index in [0.29, 0.717) is 28.9 Å². The zero-order chi connectivity index (χ0) is 20.1. The van der Waals surface area contributed by atoms with Gasteiger partial charge in [0, 0.05) is 36.3 Å². The number of hydrogen-bond acceptors (Lipinski definition) is 7. The van der Waals surface area contributed by atoms with Crippen molar-refractivity contribution in [1.29, 1.82) is 0 Å². The second-order valence-electron chi connectivity index (χ2n) is 7.52. The van der Waals surface area contributed by atoms with Crippen LogP contribution in [0.25, 0.3) is 27.9 Å². The maximum atomic E-state index is 12.3. The molecule has 4 heterocycles. The zero-order valence-electron chi connectivity index (χ0n) is 16.3. The first-order valence-corrected chi connectivity index (χ1v) is 9.52. The van der Waals surface area contributed by atoms with E-state index in [0.717, 1.165) is 28.6 Å². The van der Waals surface area contributed by atoms with Crippen molar-refractivity contribution < 1.29 is 4.79 Å². The zero-order valence-corrected chi connectivity index (χ0v) is 16.3. The molecule has 1 fully saturated rings. The predicted octanol–water partition coefficient (Wildman–Crippen LogP) is 2.68. The van der Waals surface area contributed by atoms with Crippen LogP contribution in [0.15, 0.2) is 30.6 Å². The molecule has 4 aromatic heterocycles. The highest BCUT2D eigenvalue weighted by Crippen LogP contribution is 2.38. The fourth-order valence-electron chi connectivity index (χ4n) is 3.46. The summed E-state index contributed by atoms with van der Waals surface area (Å²) in [6.07, 6.45) is 4.55. The summed E-state index contributed by atoms with van der Waals surface area (Å²) in [4.78, 5) is 21.4. The first-order valence-electron chi connectivity index (χ1n) is 9.52. The number of amides is 1. The highest BCUT2D eigenvalue weighted by atomic mass is 16.2. The van der Waals surface area contributed by atoms with Gasteiger partial charge in [-0.2, -0.15) is 0 Å². The van der Waals surface area contributed by atoms with Crippen LogP contribution in [0.3, 0.4) is 0 Å². The van der Waals surface area contributed by atoms with E-state index in [9.17, 15) is 4.79 Å². The molecule has 0 aromatic carbocycles. The number of aryl methyl sites for hydroxylation is 1. The lowest BCUT2D eigenvalue weighted by atomic mass is 10.1. The fourth-order valence-corrected chi connectivity index (χ4v) is 3.46. The number of nitrogens with one attached hydrogen (secondary N) is 2. The van der Waals surface area contributed by atoms with Crippen molar-refractivity contribution in [3.05, 3.63) is 36.2 Å². The highest BCUT2D eigenvalue weighted by Gasteiger charge is 2.39. The van der Waals surface area contributed by atoms with E-state index in [1.165, 1.54) is 0 Å². The molecule has 5 rings (SSSR count). The number of nitrogens with zero attached hydrogens (tertiary/aromatic N) is 6. The van der Waals surface area contributed by atoms with Crippen LogP contribution in [0, 0.1) is 18.8 Å². The molecule has 4 aromatic rings. The Morgan fingerprint density at radius 1 is 1.28 bits per heavy atom. The topological polar surface area (TPSA) is 110 Å². The van der Waals surface area contributed by atoms with Gasteiger partial charge in [-0.25, -0.2) is 14.5 Å². The molecule has 9 heteroatoms. The largest absolute Gasteiger partial charge is 0.371 e. The number of anilines is 2. The molecular formula is C20H20N8O. The number of rotatable bonds is 4. The number of pyridine rings is 2. The highest BCUT2D eigenvalue weighted by molar-refractivity contribution is 6.01. The first kappa shape index (κ1) is 17.5. The third kappa shape index (κ3) is 3.04. The van der Waals surface area contributed by atoms with Gasteiger partial charge >= 0.3 is 0 Å². The van der Waals surface area contributed by atoms with Crippen molar-refractivity contribution in [2.45, 2.75) is 20.3 Å². The van der Waals surface area contributed by atoms with Gasteiger partial charge in [0.15, 0.2) is 23.1 Å². The molecule has 0 spiro atoms. The van der Waals surface area contributed by atoms with E-state index < -0.39 is 0 Å². The SMILES string of the molecule is CNc1ncc(-c2nc3ccc(C)cn3n2)c2cc(NC(=O)[C@H]3C[C@H]3C)nnc12. The van der Waals surface area contributed by atoms with E-state index in [-0.39, 0.29) is 11.8 Å². The molecule has 0 aliphatic heterocycles. The van der Waals surface area contributed by atoms with Gasteiger partial charge in [-0.3, -0.25) is 4.79 Å². The molecule has 29 heavy (non-hydrogen) atoms. The van der Waals surface area contributed by atoms with Crippen LogP contribution in [-0.2, 0) is 4.79 Å². The molecule has 2 atom stereocenters. The third-order valence-electron chi connectivity index (χ3n) is 5.29. The minimum absolute atomic E-state index is 0.0167.